The molecule has 1 aromatic heterocycles. The van der Waals surface area contributed by atoms with E-state index in [-0.39, 0.29) is 4.90 Å². The van der Waals surface area contributed by atoms with Crippen molar-refractivity contribution in [2.75, 3.05) is 31.5 Å². The Bertz CT molecular complexity index is 1480. The Morgan fingerprint density at radius 2 is 1.63 bits per heavy atom. The molecule has 0 bridgehead atoms. The van der Waals surface area contributed by atoms with Gasteiger partial charge in [-0.2, -0.15) is 21.6 Å². The molecule has 0 aliphatic carbocycles. The zero-order valence-corrected chi connectivity index (χ0v) is 23.1. The molecular formula is C21H24BrF3N6O5S2. The van der Waals surface area contributed by atoms with Crippen LogP contribution in [0.2, 0.25) is 0 Å². The van der Waals surface area contributed by atoms with E-state index in [1.165, 1.54) is 12.8 Å². The molecule has 38 heavy (non-hydrogen) atoms. The molecule has 4 rings (SSSR count). The highest BCUT2D eigenvalue weighted by atomic mass is 79.9. The van der Waals surface area contributed by atoms with Crippen LogP contribution in [0.25, 0.3) is 11.0 Å². The molecule has 208 valence electrons. The van der Waals surface area contributed by atoms with Gasteiger partial charge in [0.25, 0.3) is 0 Å². The predicted molar refractivity (Wildman–Crippen MR) is 138 cm³/mol. The number of aromatic nitrogens is 3. The van der Waals surface area contributed by atoms with Gasteiger partial charge < -0.3 is 10.2 Å². The van der Waals surface area contributed by atoms with Gasteiger partial charge >= 0.3 is 15.6 Å². The van der Waals surface area contributed by atoms with Gasteiger partial charge in [0.1, 0.15) is 5.52 Å². The van der Waals surface area contributed by atoms with Gasteiger partial charge in [-0.3, -0.25) is 4.55 Å². The first-order valence-corrected chi connectivity index (χ1v) is 14.8. The van der Waals surface area contributed by atoms with Gasteiger partial charge in [-0.15, -0.1) is 10.2 Å². The van der Waals surface area contributed by atoms with E-state index in [0.29, 0.717) is 23.7 Å². The summed E-state index contributed by atoms with van der Waals surface area (Å²) in [6, 6.07) is 10.3. The lowest BCUT2D eigenvalue weighted by Crippen LogP contribution is -2.33. The highest BCUT2D eigenvalue weighted by Gasteiger charge is 2.44. The quantitative estimate of drug-likeness (QED) is 0.258. The molecule has 0 amide bonds. The van der Waals surface area contributed by atoms with Gasteiger partial charge in [-0.05, 0) is 74.8 Å². The number of alkyl halides is 3. The van der Waals surface area contributed by atoms with Crippen molar-refractivity contribution < 1.29 is 34.6 Å². The molecule has 1 fully saturated rings. The number of anilines is 2. The van der Waals surface area contributed by atoms with Crippen molar-refractivity contribution >= 4 is 58.7 Å². The van der Waals surface area contributed by atoms with Crippen LogP contribution in [0.5, 0.6) is 0 Å². The monoisotopic (exact) mass is 640 g/mol. The second kappa shape index (κ2) is 12.2. The Morgan fingerprint density at radius 3 is 2.21 bits per heavy atom. The van der Waals surface area contributed by atoms with Crippen LogP contribution in [0.1, 0.15) is 18.4 Å². The summed E-state index contributed by atoms with van der Waals surface area (Å²) < 4.78 is 86.2. The molecule has 0 saturated carbocycles. The van der Waals surface area contributed by atoms with E-state index in [9.17, 15) is 21.6 Å². The summed E-state index contributed by atoms with van der Waals surface area (Å²) >= 11 is 3.48. The smallest absolute Gasteiger partial charge is 0.323 e. The standard InChI is InChI=1S/C20H23BrN6O2S.CHF3O3S/c1-14-12-18-19(13-17(14)21)25-26-20(24-18)23-15-4-6-16(7-5-15)30(28,29)22-8-11-27-9-2-3-10-27;2-1(3,4)8(5,6)7/h4-7,12-13,22H,2-3,8-11H2,1H3,(H,23,24,26);(H,5,6,7). The van der Waals surface area contributed by atoms with E-state index in [2.05, 4.69) is 46.1 Å². The van der Waals surface area contributed by atoms with Crippen LogP contribution >= 0.6 is 15.9 Å². The Balaban J connectivity index is 0.000000436. The maximum absolute atomic E-state index is 12.5. The second-order valence-corrected chi connectivity index (χ2v) is 12.3. The van der Waals surface area contributed by atoms with Gasteiger partial charge in [-0.25, -0.2) is 18.1 Å². The van der Waals surface area contributed by atoms with Gasteiger partial charge in [0, 0.05) is 23.2 Å². The number of sulfonamides is 1. The fourth-order valence-corrected chi connectivity index (χ4v) is 4.74. The summed E-state index contributed by atoms with van der Waals surface area (Å²) in [5, 5.41) is 11.4. The number of likely N-dealkylation sites (tertiary alicyclic amines) is 1. The van der Waals surface area contributed by atoms with Gasteiger partial charge in [0.05, 0.1) is 10.4 Å². The topological polar surface area (TPSA) is 154 Å². The summed E-state index contributed by atoms with van der Waals surface area (Å²) in [6.07, 6.45) is 2.38. The van der Waals surface area contributed by atoms with E-state index in [0.717, 1.165) is 35.2 Å². The average Bonchev–Trinajstić information content (AvgIpc) is 3.33. The van der Waals surface area contributed by atoms with Crippen LogP contribution in [0, 0.1) is 6.92 Å². The molecule has 0 spiro atoms. The number of halogens is 4. The lowest BCUT2D eigenvalue weighted by molar-refractivity contribution is -0.0510. The molecule has 1 saturated heterocycles. The van der Waals surface area contributed by atoms with E-state index < -0.39 is 25.6 Å². The molecule has 17 heteroatoms. The van der Waals surface area contributed by atoms with Crippen molar-refractivity contribution in [2.45, 2.75) is 30.2 Å². The zero-order valence-electron chi connectivity index (χ0n) is 19.9. The number of nitrogens with zero attached hydrogens (tertiary/aromatic N) is 4. The van der Waals surface area contributed by atoms with E-state index in [4.69, 9.17) is 13.0 Å². The van der Waals surface area contributed by atoms with Crippen LogP contribution in [-0.4, -0.2) is 73.2 Å². The number of hydrogen-bond acceptors (Lipinski definition) is 9. The number of nitrogens with one attached hydrogen (secondary N) is 2. The maximum atomic E-state index is 12.5. The van der Waals surface area contributed by atoms with Gasteiger partial charge in [0.15, 0.2) is 0 Å². The number of aryl methyl sites for hydroxylation is 1. The molecule has 3 aromatic rings. The fourth-order valence-electron chi connectivity index (χ4n) is 3.39. The van der Waals surface area contributed by atoms with Crippen molar-refractivity contribution in [1.29, 1.82) is 0 Å². The van der Waals surface area contributed by atoms with Crippen molar-refractivity contribution in [3.05, 3.63) is 46.4 Å². The largest absolute Gasteiger partial charge is 0.522 e. The summed E-state index contributed by atoms with van der Waals surface area (Å²) in [7, 11) is -9.37. The van der Waals surface area contributed by atoms with Gasteiger partial charge in [-0.1, -0.05) is 15.9 Å². The third-order valence-electron chi connectivity index (χ3n) is 5.37. The van der Waals surface area contributed by atoms with Crippen molar-refractivity contribution in [2.24, 2.45) is 0 Å². The summed E-state index contributed by atoms with van der Waals surface area (Å²) in [5.74, 6) is 0.351. The normalized spacial score (nSPS) is 14.8. The Labute approximate surface area is 225 Å². The summed E-state index contributed by atoms with van der Waals surface area (Å²) in [4.78, 5) is 6.98. The molecule has 11 nitrogen and oxygen atoms in total. The molecular weight excluding hydrogens is 617 g/mol. The average molecular weight is 641 g/mol. The first-order chi connectivity index (χ1) is 17.7. The maximum Gasteiger partial charge on any atom is 0.522 e. The first kappa shape index (κ1) is 30.1. The summed E-state index contributed by atoms with van der Waals surface area (Å²) in [6.45, 7) is 5.22. The van der Waals surface area contributed by atoms with Crippen molar-refractivity contribution in [1.82, 2.24) is 24.8 Å². The molecule has 1 aliphatic heterocycles. The fraction of sp³-hybridized carbons (Fsp3) is 0.381. The molecule has 0 unspecified atom stereocenters. The van der Waals surface area contributed by atoms with Crippen LogP contribution < -0.4 is 10.0 Å². The van der Waals surface area contributed by atoms with E-state index in [1.807, 2.05) is 19.1 Å². The molecule has 2 heterocycles. The zero-order chi connectivity index (χ0) is 28.1. The number of rotatable bonds is 7. The minimum absolute atomic E-state index is 0.229. The minimum atomic E-state index is -5.84. The second-order valence-electron chi connectivity index (χ2n) is 8.24. The molecule has 2 aromatic carbocycles. The summed E-state index contributed by atoms with van der Waals surface area (Å²) in [5.41, 5.74) is -2.37. The predicted octanol–water partition coefficient (Wildman–Crippen LogP) is 3.61. The molecule has 0 atom stereocenters. The Hall–Kier alpha value is -2.44. The molecule has 0 radical (unpaired) electrons. The van der Waals surface area contributed by atoms with Crippen molar-refractivity contribution in [3.8, 4) is 0 Å². The highest BCUT2D eigenvalue weighted by molar-refractivity contribution is 9.10. The van der Waals surface area contributed by atoms with Crippen LogP contribution in [0.15, 0.2) is 45.8 Å². The minimum Gasteiger partial charge on any atom is -0.323 e. The third kappa shape index (κ3) is 8.28. The lowest BCUT2D eigenvalue weighted by atomic mass is 10.2. The van der Waals surface area contributed by atoms with Gasteiger partial charge in [0.2, 0.25) is 16.0 Å². The SMILES string of the molecule is Cc1cc2nc(Nc3ccc(S(=O)(=O)NCCN4CCCC4)cc3)nnc2cc1Br.O=S(=O)(O)C(F)(F)F. The Kier molecular flexibility index (Phi) is 9.64. The molecule has 3 N–H and O–H groups in total. The van der Waals surface area contributed by atoms with Crippen LogP contribution in [-0.2, 0) is 20.1 Å². The number of hydrogen-bond donors (Lipinski definition) is 3. The lowest BCUT2D eigenvalue weighted by Gasteiger charge is -2.15. The van der Waals surface area contributed by atoms with Crippen LogP contribution in [0.3, 0.4) is 0 Å². The number of benzene rings is 2. The van der Waals surface area contributed by atoms with Crippen molar-refractivity contribution in [3.63, 3.8) is 0 Å². The van der Waals surface area contributed by atoms with Crippen LogP contribution in [0.4, 0.5) is 24.8 Å². The number of fused-ring (bicyclic) bond motifs is 1. The van der Waals surface area contributed by atoms with E-state index >= 15 is 0 Å². The molecule has 1 aliphatic rings. The first-order valence-electron chi connectivity index (χ1n) is 11.1. The Morgan fingerprint density at radius 1 is 1.03 bits per heavy atom. The van der Waals surface area contributed by atoms with E-state index in [1.54, 1.807) is 24.3 Å². The highest BCUT2D eigenvalue weighted by Crippen LogP contribution is 2.23. The third-order valence-corrected chi connectivity index (χ3v) is 8.28.